The summed E-state index contributed by atoms with van der Waals surface area (Å²) >= 11 is 0. The summed E-state index contributed by atoms with van der Waals surface area (Å²) in [4.78, 5) is 21.0. The lowest BCUT2D eigenvalue weighted by Crippen LogP contribution is -2.22. The van der Waals surface area contributed by atoms with Crippen LogP contribution in [0.4, 0.5) is 14.5 Å². The second-order valence-electron chi connectivity index (χ2n) is 4.31. The van der Waals surface area contributed by atoms with Gasteiger partial charge in [-0.1, -0.05) is 0 Å². The Morgan fingerprint density at radius 1 is 1.45 bits per heavy atom. The van der Waals surface area contributed by atoms with Crippen LogP contribution in [0.1, 0.15) is 6.42 Å². The van der Waals surface area contributed by atoms with Crippen molar-refractivity contribution in [3.8, 4) is 5.75 Å². The van der Waals surface area contributed by atoms with Crippen LogP contribution in [0, 0.1) is 27.7 Å². The molecule has 0 saturated carbocycles. The van der Waals surface area contributed by atoms with Crippen LogP contribution >= 0.6 is 0 Å². The number of benzene rings is 1. The first kappa shape index (κ1) is 14.3. The summed E-state index contributed by atoms with van der Waals surface area (Å²) in [6, 6.07) is 0.986. The SMILES string of the molecule is O=C(COc1cc(F)c([N+](=O)[O-])cc1F)C1CCOC1. The third-order valence-corrected chi connectivity index (χ3v) is 2.95. The molecule has 0 radical (unpaired) electrons. The third kappa shape index (κ3) is 3.08. The van der Waals surface area contributed by atoms with E-state index in [4.69, 9.17) is 9.47 Å². The van der Waals surface area contributed by atoms with Crippen molar-refractivity contribution in [2.24, 2.45) is 5.92 Å². The minimum Gasteiger partial charge on any atom is -0.483 e. The summed E-state index contributed by atoms with van der Waals surface area (Å²) in [5.41, 5.74) is -0.981. The standard InChI is InChI=1S/C12H11F2NO5/c13-8-4-12(9(14)3-10(8)15(17)18)20-6-11(16)7-1-2-19-5-7/h3-4,7H,1-2,5-6H2. The van der Waals surface area contributed by atoms with Crippen LogP contribution in [-0.4, -0.2) is 30.5 Å². The highest BCUT2D eigenvalue weighted by Crippen LogP contribution is 2.26. The molecule has 0 bridgehead atoms. The van der Waals surface area contributed by atoms with Gasteiger partial charge in [0.1, 0.15) is 6.61 Å². The second kappa shape index (κ2) is 5.91. The van der Waals surface area contributed by atoms with Crippen molar-refractivity contribution in [3.63, 3.8) is 0 Å². The lowest BCUT2D eigenvalue weighted by Gasteiger charge is -2.09. The molecule has 1 heterocycles. The molecule has 8 heteroatoms. The summed E-state index contributed by atoms with van der Waals surface area (Å²) in [7, 11) is 0. The lowest BCUT2D eigenvalue weighted by molar-refractivity contribution is -0.387. The summed E-state index contributed by atoms with van der Waals surface area (Å²) in [5, 5.41) is 10.4. The van der Waals surface area contributed by atoms with Crippen molar-refractivity contribution < 1.29 is 28.0 Å². The van der Waals surface area contributed by atoms with Crippen molar-refractivity contribution in [2.45, 2.75) is 6.42 Å². The summed E-state index contributed by atoms with van der Waals surface area (Å²) < 4.78 is 36.7. The van der Waals surface area contributed by atoms with Crippen LogP contribution in [0.5, 0.6) is 5.75 Å². The second-order valence-corrected chi connectivity index (χ2v) is 4.31. The molecule has 1 aromatic carbocycles. The number of rotatable bonds is 5. The molecular formula is C12H11F2NO5. The Labute approximate surface area is 112 Å². The maximum atomic E-state index is 13.5. The number of ether oxygens (including phenoxy) is 2. The Kier molecular flexibility index (Phi) is 4.23. The van der Waals surface area contributed by atoms with Gasteiger partial charge in [-0.15, -0.1) is 0 Å². The first-order valence-corrected chi connectivity index (χ1v) is 5.85. The topological polar surface area (TPSA) is 78.7 Å². The van der Waals surface area contributed by atoms with E-state index >= 15 is 0 Å². The Morgan fingerprint density at radius 2 is 2.20 bits per heavy atom. The molecule has 0 spiro atoms. The summed E-state index contributed by atoms with van der Waals surface area (Å²) in [5.74, 6) is -3.42. The first-order valence-electron chi connectivity index (χ1n) is 5.85. The predicted molar refractivity (Wildman–Crippen MR) is 62.4 cm³/mol. The third-order valence-electron chi connectivity index (χ3n) is 2.95. The van der Waals surface area contributed by atoms with Crippen molar-refractivity contribution in [3.05, 3.63) is 33.9 Å². The average Bonchev–Trinajstić information content (AvgIpc) is 2.92. The first-order chi connectivity index (χ1) is 9.49. The van der Waals surface area contributed by atoms with Crippen molar-refractivity contribution in [1.82, 2.24) is 0 Å². The van der Waals surface area contributed by atoms with Gasteiger partial charge in [0, 0.05) is 18.6 Å². The highest BCUT2D eigenvalue weighted by molar-refractivity contribution is 5.82. The molecule has 0 aliphatic carbocycles. The molecule has 20 heavy (non-hydrogen) atoms. The van der Waals surface area contributed by atoms with Crippen molar-refractivity contribution >= 4 is 11.5 Å². The number of nitro groups is 1. The fourth-order valence-electron chi connectivity index (χ4n) is 1.82. The van der Waals surface area contributed by atoms with Gasteiger partial charge in [0.25, 0.3) is 0 Å². The highest BCUT2D eigenvalue weighted by Gasteiger charge is 2.25. The smallest absolute Gasteiger partial charge is 0.307 e. The van der Waals surface area contributed by atoms with E-state index in [9.17, 15) is 23.7 Å². The monoisotopic (exact) mass is 287 g/mol. The molecule has 2 rings (SSSR count). The molecule has 0 amide bonds. The number of hydrogen-bond acceptors (Lipinski definition) is 5. The van der Waals surface area contributed by atoms with Crippen LogP contribution < -0.4 is 4.74 Å². The molecule has 108 valence electrons. The molecule has 1 aromatic rings. The van der Waals surface area contributed by atoms with Crippen LogP contribution in [-0.2, 0) is 9.53 Å². The van der Waals surface area contributed by atoms with Gasteiger partial charge < -0.3 is 9.47 Å². The van der Waals surface area contributed by atoms with Gasteiger partial charge in [-0.05, 0) is 6.42 Å². The van der Waals surface area contributed by atoms with E-state index in [2.05, 4.69) is 0 Å². The Morgan fingerprint density at radius 3 is 2.80 bits per heavy atom. The summed E-state index contributed by atoms with van der Waals surface area (Å²) in [6.07, 6.45) is 0.569. The van der Waals surface area contributed by atoms with Gasteiger partial charge in [0.2, 0.25) is 5.82 Å². The molecule has 6 nitrogen and oxygen atoms in total. The number of halogens is 2. The number of Topliss-reactive ketones (excluding diaryl/α,β-unsaturated/α-hetero) is 1. The van der Waals surface area contributed by atoms with Crippen molar-refractivity contribution in [1.29, 1.82) is 0 Å². The molecule has 1 atom stereocenters. The van der Waals surface area contributed by atoms with Gasteiger partial charge in [-0.3, -0.25) is 14.9 Å². The van der Waals surface area contributed by atoms with Crippen LogP contribution in [0.3, 0.4) is 0 Å². The Bertz CT molecular complexity index is 543. The van der Waals surface area contributed by atoms with E-state index in [0.29, 0.717) is 31.8 Å². The van der Waals surface area contributed by atoms with E-state index in [-0.39, 0.29) is 11.7 Å². The van der Waals surface area contributed by atoms with Crippen molar-refractivity contribution in [2.75, 3.05) is 19.8 Å². The number of nitro benzene ring substituents is 1. The van der Waals surface area contributed by atoms with Gasteiger partial charge in [0.15, 0.2) is 17.3 Å². The number of nitrogens with zero attached hydrogens (tertiary/aromatic N) is 1. The molecular weight excluding hydrogens is 276 g/mol. The predicted octanol–water partition coefficient (Wildman–Crippen LogP) is 1.86. The number of carbonyl (C=O) groups is 1. The lowest BCUT2D eigenvalue weighted by atomic mass is 10.0. The maximum Gasteiger partial charge on any atom is 0.307 e. The molecule has 1 saturated heterocycles. The molecule has 1 fully saturated rings. The Hall–Kier alpha value is -2.09. The number of carbonyl (C=O) groups excluding carboxylic acids is 1. The van der Waals surface area contributed by atoms with E-state index in [0.717, 1.165) is 0 Å². The molecule has 1 aliphatic heterocycles. The van der Waals surface area contributed by atoms with Gasteiger partial charge in [-0.25, -0.2) is 4.39 Å². The molecule has 0 aromatic heterocycles. The van der Waals surface area contributed by atoms with Gasteiger partial charge in [-0.2, -0.15) is 4.39 Å². The van der Waals surface area contributed by atoms with E-state index < -0.39 is 34.6 Å². The fraction of sp³-hybridized carbons (Fsp3) is 0.417. The van der Waals surface area contributed by atoms with E-state index in [1.54, 1.807) is 0 Å². The minimum absolute atomic E-state index is 0.277. The minimum atomic E-state index is -1.22. The number of ketones is 1. The van der Waals surface area contributed by atoms with E-state index in [1.165, 1.54) is 0 Å². The van der Waals surface area contributed by atoms with Crippen LogP contribution in [0.15, 0.2) is 12.1 Å². The molecule has 1 aliphatic rings. The average molecular weight is 287 g/mol. The van der Waals surface area contributed by atoms with Gasteiger partial charge in [0.05, 0.1) is 17.6 Å². The zero-order chi connectivity index (χ0) is 14.7. The summed E-state index contributed by atoms with van der Waals surface area (Å²) in [6.45, 7) is 0.346. The zero-order valence-electron chi connectivity index (χ0n) is 10.3. The fourth-order valence-corrected chi connectivity index (χ4v) is 1.82. The molecule has 0 N–H and O–H groups in total. The van der Waals surface area contributed by atoms with Gasteiger partial charge >= 0.3 is 5.69 Å². The van der Waals surface area contributed by atoms with E-state index in [1.807, 2.05) is 0 Å². The van der Waals surface area contributed by atoms with Crippen LogP contribution in [0.2, 0.25) is 0 Å². The maximum absolute atomic E-state index is 13.5. The Balaban J connectivity index is 2.04. The number of hydrogen-bond donors (Lipinski definition) is 0. The quantitative estimate of drug-likeness (QED) is 0.610. The largest absolute Gasteiger partial charge is 0.483 e. The normalized spacial score (nSPS) is 18.0. The highest BCUT2D eigenvalue weighted by atomic mass is 19.1. The van der Waals surface area contributed by atoms with Crippen LogP contribution in [0.25, 0.3) is 0 Å². The zero-order valence-corrected chi connectivity index (χ0v) is 10.3. The molecule has 1 unspecified atom stereocenters.